The molecule has 4 aromatic carbocycles. The molecule has 244 valence electrons. The van der Waals surface area contributed by atoms with E-state index in [1.54, 1.807) is 0 Å². The minimum Gasteiger partial charge on any atom is -0.325 e. The summed E-state index contributed by atoms with van der Waals surface area (Å²) in [6.45, 7) is -1.00. The molecule has 0 aliphatic heterocycles. The molecule has 8 nitrogen and oxygen atoms in total. The molecule has 4 rings (SSSR count). The van der Waals surface area contributed by atoms with Gasteiger partial charge in [0, 0.05) is 11.4 Å². The molecule has 0 bridgehead atoms. The number of carbonyl (C=O) groups is 1. The predicted octanol–water partition coefficient (Wildman–Crippen LogP) is 7.67. The Bertz CT molecular complexity index is 1980. The average molecular weight is 727 g/mol. The second-order valence-electron chi connectivity index (χ2n) is 9.36. The number of nitrogens with zero attached hydrogens (tertiary/aromatic N) is 1. The number of nitrogens with one attached hydrogen (secondary N) is 2. The van der Waals surface area contributed by atoms with Crippen molar-refractivity contribution in [2.75, 3.05) is 20.9 Å². The molecule has 0 saturated heterocycles. The van der Waals surface area contributed by atoms with Gasteiger partial charge in [-0.1, -0.05) is 41.4 Å². The number of alkyl halides is 6. The Hall–Kier alpha value is -3.99. The molecule has 0 atom stereocenters. The van der Waals surface area contributed by atoms with Crippen LogP contribution in [0.2, 0.25) is 10.0 Å². The summed E-state index contributed by atoms with van der Waals surface area (Å²) in [4.78, 5) is 12.3. The van der Waals surface area contributed by atoms with Crippen molar-refractivity contribution in [2.24, 2.45) is 0 Å². The quantitative estimate of drug-likeness (QED) is 0.172. The van der Waals surface area contributed by atoms with E-state index < -0.39 is 82.3 Å². The van der Waals surface area contributed by atoms with Gasteiger partial charge in [-0.05, 0) is 72.8 Å². The Kier molecular flexibility index (Phi) is 9.87. The number of hydrogen-bond acceptors (Lipinski definition) is 5. The van der Waals surface area contributed by atoms with E-state index in [-0.39, 0.29) is 10.6 Å². The van der Waals surface area contributed by atoms with Gasteiger partial charge in [0.2, 0.25) is 5.91 Å². The molecule has 0 saturated carbocycles. The van der Waals surface area contributed by atoms with Crippen LogP contribution in [0.4, 0.5) is 43.4 Å². The van der Waals surface area contributed by atoms with Crippen molar-refractivity contribution < 1.29 is 48.0 Å². The van der Waals surface area contributed by atoms with Crippen LogP contribution in [0.25, 0.3) is 0 Å². The van der Waals surface area contributed by atoms with E-state index in [2.05, 4.69) is 5.32 Å². The largest absolute Gasteiger partial charge is 0.417 e. The third-order valence-corrected chi connectivity index (χ3v) is 9.98. The molecular weight excluding hydrogens is 707 g/mol. The number of halogens is 8. The van der Waals surface area contributed by atoms with Gasteiger partial charge in [0.15, 0.2) is 0 Å². The SMILES string of the molecule is O=C(CN(c1ccc(Cl)c(C(F)(F)F)c1)S(=O)(=O)c1ccccc1)Nc1ccc(S(=O)(=O)Nc2ccc(Cl)c(C(F)(F)F)c2)cc1. The van der Waals surface area contributed by atoms with Crippen LogP contribution in [0.5, 0.6) is 0 Å². The van der Waals surface area contributed by atoms with Gasteiger partial charge in [0.25, 0.3) is 20.0 Å². The van der Waals surface area contributed by atoms with Crippen LogP contribution < -0.4 is 14.3 Å². The fraction of sp³-hybridized carbons (Fsp3) is 0.107. The summed E-state index contributed by atoms with van der Waals surface area (Å²) in [5.41, 5.74) is -3.58. The lowest BCUT2D eigenvalue weighted by Gasteiger charge is -2.25. The molecule has 4 aromatic rings. The number of anilines is 3. The second-order valence-corrected chi connectivity index (χ2v) is 13.7. The van der Waals surface area contributed by atoms with Gasteiger partial charge < -0.3 is 5.32 Å². The summed E-state index contributed by atoms with van der Waals surface area (Å²) in [6, 6.07) is 15.6. The molecule has 0 fully saturated rings. The van der Waals surface area contributed by atoms with Crippen molar-refractivity contribution in [1.29, 1.82) is 0 Å². The maximum Gasteiger partial charge on any atom is 0.417 e. The van der Waals surface area contributed by atoms with E-state index in [4.69, 9.17) is 23.2 Å². The van der Waals surface area contributed by atoms with E-state index in [1.165, 1.54) is 30.3 Å². The van der Waals surface area contributed by atoms with E-state index in [9.17, 15) is 48.0 Å². The first kappa shape index (κ1) is 34.9. The summed E-state index contributed by atoms with van der Waals surface area (Å²) in [7, 11) is -9.01. The van der Waals surface area contributed by atoms with Crippen LogP contribution in [0, 0.1) is 0 Å². The van der Waals surface area contributed by atoms with Crippen molar-refractivity contribution in [3.63, 3.8) is 0 Å². The predicted molar refractivity (Wildman–Crippen MR) is 160 cm³/mol. The highest BCUT2D eigenvalue weighted by molar-refractivity contribution is 7.93. The molecule has 2 N–H and O–H groups in total. The van der Waals surface area contributed by atoms with Gasteiger partial charge in [-0.25, -0.2) is 16.8 Å². The van der Waals surface area contributed by atoms with Gasteiger partial charge >= 0.3 is 12.4 Å². The maximum absolute atomic E-state index is 13.6. The first-order valence-electron chi connectivity index (χ1n) is 12.5. The lowest BCUT2D eigenvalue weighted by molar-refractivity contribution is -0.138. The number of hydrogen-bond donors (Lipinski definition) is 2. The third kappa shape index (κ3) is 8.04. The van der Waals surface area contributed by atoms with Gasteiger partial charge in [0.1, 0.15) is 6.54 Å². The van der Waals surface area contributed by atoms with Crippen LogP contribution >= 0.6 is 23.2 Å². The molecule has 1 amide bonds. The minimum absolute atomic E-state index is 0.0426. The first-order chi connectivity index (χ1) is 21.3. The van der Waals surface area contributed by atoms with Crippen molar-refractivity contribution in [1.82, 2.24) is 0 Å². The van der Waals surface area contributed by atoms with Crippen LogP contribution in [0.15, 0.2) is 101 Å². The lowest BCUT2D eigenvalue weighted by Crippen LogP contribution is -2.38. The molecule has 0 aliphatic rings. The lowest BCUT2D eigenvalue weighted by atomic mass is 10.2. The van der Waals surface area contributed by atoms with Crippen LogP contribution in [-0.2, 0) is 37.2 Å². The summed E-state index contributed by atoms with van der Waals surface area (Å²) in [6.07, 6.45) is -9.79. The Morgan fingerprint density at radius 3 is 1.76 bits per heavy atom. The first-order valence-corrected chi connectivity index (χ1v) is 16.2. The van der Waals surface area contributed by atoms with Crippen molar-refractivity contribution in [2.45, 2.75) is 22.1 Å². The maximum atomic E-state index is 13.6. The Balaban J connectivity index is 1.57. The average Bonchev–Trinajstić information content (AvgIpc) is 2.97. The van der Waals surface area contributed by atoms with Gasteiger partial charge in [-0.3, -0.25) is 13.8 Å². The molecule has 0 aliphatic carbocycles. The monoisotopic (exact) mass is 725 g/mol. The molecular formula is C28H19Cl2F6N3O5S2. The van der Waals surface area contributed by atoms with Crippen LogP contribution in [0.1, 0.15) is 11.1 Å². The van der Waals surface area contributed by atoms with Gasteiger partial charge in [-0.2, -0.15) is 26.3 Å². The van der Waals surface area contributed by atoms with Crippen molar-refractivity contribution in [3.8, 4) is 0 Å². The number of sulfonamides is 2. The van der Waals surface area contributed by atoms with Gasteiger partial charge in [-0.15, -0.1) is 0 Å². The molecule has 0 unspecified atom stereocenters. The second kappa shape index (κ2) is 13.0. The van der Waals surface area contributed by atoms with Crippen molar-refractivity contribution >= 4 is 66.2 Å². The third-order valence-electron chi connectivity index (χ3n) is 6.13. The molecule has 46 heavy (non-hydrogen) atoms. The minimum atomic E-state index is -4.94. The van der Waals surface area contributed by atoms with E-state index in [0.717, 1.165) is 48.5 Å². The number of benzene rings is 4. The number of amides is 1. The van der Waals surface area contributed by atoms with Gasteiger partial charge in [0.05, 0.1) is 36.7 Å². The molecule has 18 heteroatoms. The normalized spacial score (nSPS) is 12.4. The summed E-state index contributed by atoms with van der Waals surface area (Å²) < 4.78 is 135. The Morgan fingerprint density at radius 1 is 0.674 bits per heavy atom. The van der Waals surface area contributed by atoms with Crippen LogP contribution in [-0.4, -0.2) is 29.3 Å². The molecule has 0 aromatic heterocycles. The summed E-state index contributed by atoms with van der Waals surface area (Å²) >= 11 is 11.2. The summed E-state index contributed by atoms with van der Waals surface area (Å²) in [5, 5.41) is 1.00. The van der Waals surface area contributed by atoms with E-state index in [1.807, 2.05) is 4.72 Å². The zero-order valence-electron chi connectivity index (χ0n) is 22.7. The molecule has 0 heterocycles. The fourth-order valence-electron chi connectivity index (χ4n) is 3.99. The highest BCUT2D eigenvalue weighted by Gasteiger charge is 2.36. The topological polar surface area (TPSA) is 113 Å². The smallest absolute Gasteiger partial charge is 0.325 e. The highest BCUT2D eigenvalue weighted by Crippen LogP contribution is 2.39. The summed E-state index contributed by atoms with van der Waals surface area (Å²) in [5.74, 6) is -1.02. The molecule has 0 spiro atoms. The molecule has 0 radical (unpaired) electrons. The zero-order valence-corrected chi connectivity index (χ0v) is 25.8. The Labute approximate surface area is 268 Å². The van der Waals surface area contributed by atoms with Crippen molar-refractivity contribution in [3.05, 3.63) is 112 Å². The van der Waals surface area contributed by atoms with E-state index >= 15 is 0 Å². The highest BCUT2D eigenvalue weighted by atomic mass is 35.5. The number of carbonyl (C=O) groups excluding carboxylic acids is 1. The zero-order chi connectivity index (χ0) is 34.1. The Morgan fingerprint density at radius 2 is 1.20 bits per heavy atom. The fourth-order valence-corrected chi connectivity index (χ4v) is 6.92. The standard InChI is InChI=1S/C28H19Cl2F6N3O5S2/c29-24-12-8-18(14-22(24)27(31,32)33)38-45(41,42)20-10-6-17(7-11-20)37-26(40)16-39(46(43,44)21-4-2-1-3-5-21)19-9-13-25(30)23(15-19)28(34,35)36/h1-15,38H,16H2,(H,37,40). The van der Waals surface area contributed by atoms with E-state index in [0.29, 0.717) is 16.4 Å². The van der Waals surface area contributed by atoms with Crippen LogP contribution in [0.3, 0.4) is 0 Å². The number of rotatable bonds is 9.